The van der Waals surface area contributed by atoms with Crippen LogP contribution in [0.25, 0.3) is 0 Å². The highest BCUT2D eigenvalue weighted by atomic mass is 16.4. The summed E-state index contributed by atoms with van der Waals surface area (Å²) in [7, 11) is 0. The monoisotopic (exact) mass is 371 g/mol. The Hall–Kier alpha value is -1.10. The van der Waals surface area contributed by atoms with Crippen LogP contribution in [-0.2, 0) is 9.59 Å². The summed E-state index contributed by atoms with van der Waals surface area (Å²) in [5.41, 5.74) is 0. The van der Waals surface area contributed by atoms with Gasteiger partial charge in [-0.25, -0.2) is 0 Å². The Morgan fingerprint density at radius 2 is 1.27 bits per heavy atom. The largest absolute Gasteiger partial charge is 0.481 e. The molecule has 0 rings (SSSR count). The number of hydrogen-bond acceptors (Lipinski definition) is 3. The van der Waals surface area contributed by atoms with Gasteiger partial charge in [0.2, 0.25) is 0 Å². The fourth-order valence-corrected chi connectivity index (χ4v) is 3.31. The van der Waals surface area contributed by atoms with Gasteiger partial charge in [0.25, 0.3) is 0 Å². The molecule has 0 aliphatic heterocycles. The Balaban J connectivity index is 4.28. The molecule has 0 aromatic rings. The number of carboxylic acid groups (broad SMARTS) is 2. The van der Waals surface area contributed by atoms with Crippen LogP contribution in [0.1, 0.15) is 104 Å². The number of rotatable bonds is 19. The van der Waals surface area contributed by atoms with Gasteiger partial charge in [-0.05, 0) is 31.7 Å². The number of aliphatic carboxylic acids is 2. The van der Waals surface area contributed by atoms with E-state index in [2.05, 4.69) is 19.2 Å². The minimum atomic E-state index is -0.949. The standard InChI is InChI=1S/C21H41NO4/c1-3-5-7-9-10-12-14-18(13-11-8-6-4-2)17-22-19(21(25)26)15-16-20(23)24/h18-19,22H,3-17H2,1-2H3,(H,23,24)(H,25,26)/t18?,19-/m0/s1. The molecule has 1 unspecified atom stereocenters. The third-order valence-corrected chi connectivity index (χ3v) is 5.03. The van der Waals surface area contributed by atoms with Crippen LogP contribution in [0.4, 0.5) is 0 Å². The number of unbranched alkanes of at least 4 members (excludes halogenated alkanes) is 8. The highest BCUT2D eigenvalue weighted by Gasteiger charge is 2.19. The summed E-state index contributed by atoms with van der Waals surface area (Å²) < 4.78 is 0. The second-order valence-electron chi connectivity index (χ2n) is 7.50. The van der Waals surface area contributed by atoms with Gasteiger partial charge in [-0.1, -0.05) is 78.1 Å². The lowest BCUT2D eigenvalue weighted by atomic mass is 9.93. The third kappa shape index (κ3) is 15.2. The number of nitrogens with one attached hydrogen (secondary N) is 1. The van der Waals surface area contributed by atoms with Gasteiger partial charge < -0.3 is 15.5 Å². The first kappa shape index (κ1) is 24.9. The van der Waals surface area contributed by atoms with Gasteiger partial charge >= 0.3 is 11.9 Å². The van der Waals surface area contributed by atoms with E-state index >= 15 is 0 Å². The van der Waals surface area contributed by atoms with E-state index in [1.54, 1.807) is 0 Å². The van der Waals surface area contributed by atoms with E-state index in [4.69, 9.17) is 5.11 Å². The SMILES string of the molecule is CCCCCCCCC(CCCCCC)CN[C@@H](CCC(=O)O)C(=O)O. The molecule has 0 radical (unpaired) electrons. The summed E-state index contributed by atoms with van der Waals surface area (Å²) in [6.07, 6.45) is 14.9. The zero-order chi connectivity index (χ0) is 19.6. The Bertz CT molecular complexity index is 360. The van der Waals surface area contributed by atoms with Gasteiger partial charge in [0.15, 0.2) is 0 Å². The van der Waals surface area contributed by atoms with Crippen molar-refractivity contribution in [2.24, 2.45) is 5.92 Å². The van der Waals surface area contributed by atoms with Crippen molar-refractivity contribution in [3.05, 3.63) is 0 Å². The van der Waals surface area contributed by atoms with Gasteiger partial charge in [0.05, 0.1) is 0 Å². The molecule has 154 valence electrons. The van der Waals surface area contributed by atoms with E-state index in [1.165, 1.54) is 64.2 Å². The molecule has 0 fully saturated rings. The molecular weight excluding hydrogens is 330 g/mol. The lowest BCUT2D eigenvalue weighted by Gasteiger charge is -2.21. The second-order valence-corrected chi connectivity index (χ2v) is 7.50. The van der Waals surface area contributed by atoms with E-state index in [9.17, 15) is 14.7 Å². The van der Waals surface area contributed by atoms with Crippen molar-refractivity contribution in [2.75, 3.05) is 6.54 Å². The molecule has 26 heavy (non-hydrogen) atoms. The van der Waals surface area contributed by atoms with Gasteiger partial charge in [-0.3, -0.25) is 9.59 Å². The fraction of sp³-hybridized carbons (Fsp3) is 0.905. The smallest absolute Gasteiger partial charge is 0.320 e. The normalized spacial score (nSPS) is 13.5. The van der Waals surface area contributed by atoms with E-state index in [0.29, 0.717) is 12.5 Å². The van der Waals surface area contributed by atoms with Gasteiger partial charge in [0, 0.05) is 6.42 Å². The first-order chi connectivity index (χ1) is 12.5. The summed E-state index contributed by atoms with van der Waals surface area (Å²) in [6.45, 7) is 5.11. The lowest BCUT2D eigenvalue weighted by molar-refractivity contribution is -0.140. The molecule has 0 aliphatic rings. The minimum Gasteiger partial charge on any atom is -0.481 e. The maximum Gasteiger partial charge on any atom is 0.320 e. The van der Waals surface area contributed by atoms with Crippen molar-refractivity contribution in [1.29, 1.82) is 0 Å². The van der Waals surface area contributed by atoms with Crippen LogP contribution in [-0.4, -0.2) is 34.7 Å². The molecule has 0 amide bonds. The Morgan fingerprint density at radius 1 is 0.769 bits per heavy atom. The molecule has 3 N–H and O–H groups in total. The van der Waals surface area contributed by atoms with Gasteiger partial charge in [-0.2, -0.15) is 0 Å². The van der Waals surface area contributed by atoms with Gasteiger partial charge in [-0.15, -0.1) is 0 Å². The van der Waals surface area contributed by atoms with E-state index < -0.39 is 18.0 Å². The molecule has 0 saturated heterocycles. The quantitative estimate of drug-likeness (QED) is 0.271. The molecular formula is C21H41NO4. The van der Waals surface area contributed by atoms with Crippen molar-refractivity contribution >= 4 is 11.9 Å². The van der Waals surface area contributed by atoms with E-state index in [0.717, 1.165) is 12.8 Å². The average molecular weight is 372 g/mol. The van der Waals surface area contributed by atoms with E-state index in [1.807, 2.05) is 0 Å². The van der Waals surface area contributed by atoms with Crippen LogP contribution >= 0.6 is 0 Å². The Morgan fingerprint density at radius 3 is 1.77 bits per heavy atom. The Labute approximate surface area is 159 Å². The highest BCUT2D eigenvalue weighted by molar-refractivity contribution is 5.75. The van der Waals surface area contributed by atoms with Crippen LogP contribution in [0.5, 0.6) is 0 Å². The zero-order valence-corrected chi connectivity index (χ0v) is 17.0. The fourth-order valence-electron chi connectivity index (χ4n) is 3.31. The van der Waals surface area contributed by atoms with Crippen LogP contribution in [0, 0.1) is 5.92 Å². The maximum absolute atomic E-state index is 11.3. The van der Waals surface area contributed by atoms with Gasteiger partial charge in [0.1, 0.15) is 6.04 Å². The second kappa shape index (κ2) is 17.3. The summed E-state index contributed by atoms with van der Waals surface area (Å²) in [5, 5.41) is 21.2. The van der Waals surface area contributed by atoms with Crippen LogP contribution in [0.2, 0.25) is 0 Å². The molecule has 5 nitrogen and oxygen atoms in total. The summed E-state index contributed by atoms with van der Waals surface area (Å²) >= 11 is 0. The third-order valence-electron chi connectivity index (χ3n) is 5.03. The molecule has 0 saturated carbocycles. The van der Waals surface area contributed by atoms with E-state index in [-0.39, 0.29) is 12.8 Å². The highest BCUT2D eigenvalue weighted by Crippen LogP contribution is 2.19. The molecule has 0 aromatic carbocycles. The number of carboxylic acids is 2. The van der Waals surface area contributed by atoms with Crippen molar-refractivity contribution in [2.45, 2.75) is 110 Å². The van der Waals surface area contributed by atoms with Crippen LogP contribution in [0.3, 0.4) is 0 Å². The first-order valence-corrected chi connectivity index (χ1v) is 10.7. The summed E-state index contributed by atoms with van der Waals surface area (Å²) in [5.74, 6) is -1.40. The summed E-state index contributed by atoms with van der Waals surface area (Å²) in [4.78, 5) is 22.0. The zero-order valence-electron chi connectivity index (χ0n) is 17.0. The predicted octanol–water partition coefficient (Wildman–Crippen LogP) is 5.23. The molecule has 0 aromatic heterocycles. The van der Waals surface area contributed by atoms with Crippen LogP contribution < -0.4 is 5.32 Å². The van der Waals surface area contributed by atoms with Crippen molar-refractivity contribution in [3.8, 4) is 0 Å². The van der Waals surface area contributed by atoms with Crippen molar-refractivity contribution in [1.82, 2.24) is 5.32 Å². The molecule has 2 atom stereocenters. The molecule has 0 spiro atoms. The number of carbonyl (C=O) groups is 2. The predicted molar refractivity (Wildman–Crippen MR) is 107 cm³/mol. The minimum absolute atomic E-state index is 0.109. The lowest BCUT2D eigenvalue weighted by Crippen LogP contribution is -2.39. The summed E-state index contributed by atoms with van der Waals surface area (Å²) in [6, 6.07) is -0.756. The van der Waals surface area contributed by atoms with Crippen LogP contribution in [0.15, 0.2) is 0 Å². The molecule has 0 aliphatic carbocycles. The maximum atomic E-state index is 11.3. The topological polar surface area (TPSA) is 86.6 Å². The molecule has 0 heterocycles. The van der Waals surface area contributed by atoms with Crippen molar-refractivity contribution < 1.29 is 19.8 Å². The average Bonchev–Trinajstić information content (AvgIpc) is 2.60. The number of hydrogen-bond donors (Lipinski definition) is 3. The van der Waals surface area contributed by atoms with Crippen molar-refractivity contribution in [3.63, 3.8) is 0 Å². The molecule has 0 bridgehead atoms. The first-order valence-electron chi connectivity index (χ1n) is 10.7. The Kier molecular flexibility index (Phi) is 16.6. The molecule has 5 heteroatoms.